The summed E-state index contributed by atoms with van der Waals surface area (Å²) in [5.74, 6) is 2.32. The molecule has 2 saturated carbocycles. The summed E-state index contributed by atoms with van der Waals surface area (Å²) in [7, 11) is 2.06. The molecule has 2 bridgehead atoms. The molecule has 3 rings (SSSR count). The monoisotopic (exact) mass is 277 g/mol. The van der Waals surface area contributed by atoms with Crippen LogP contribution in [0.3, 0.4) is 0 Å². The zero-order valence-corrected chi connectivity index (χ0v) is 12.3. The number of hydrogen-bond acceptors (Lipinski definition) is 2. The largest absolute Gasteiger partial charge is 0.389 e. The Balaban J connectivity index is 1.75. The van der Waals surface area contributed by atoms with Gasteiger partial charge in [0.2, 0.25) is 0 Å². The number of benzene rings is 1. The number of hydrogen-bond donors (Lipinski definition) is 1. The van der Waals surface area contributed by atoms with E-state index in [0.717, 1.165) is 30.0 Å². The van der Waals surface area contributed by atoms with Crippen LogP contribution in [0.15, 0.2) is 18.2 Å². The summed E-state index contributed by atoms with van der Waals surface area (Å²) in [6, 6.07) is 4.74. The normalized spacial score (nSPS) is 29.7. The van der Waals surface area contributed by atoms with E-state index in [0.29, 0.717) is 5.56 Å². The Kier molecular flexibility index (Phi) is 3.72. The third-order valence-electron chi connectivity index (χ3n) is 5.24. The Morgan fingerprint density at radius 2 is 2.15 bits per heavy atom. The summed E-state index contributed by atoms with van der Waals surface area (Å²) in [5.41, 5.74) is 1.65. The Labute approximate surface area is 120 Å². The van der Waals surface area contributed by atoms with Gasteiger partial charge in [0.25, 0.3) is 0 Å². The van der Waals surface area contributed by atoms with E-state index >= 15 is 0 Å². The molecule has 0 aliphatic heterocycles. The number of fused-ring (bicyclic) bond motifs is 2. The number of aliphatic hydroxyl groups is 1. The van der Waals surface area contributed by atoms with Crippen molar-refractivity contribution in [2.45, 2.75) is 38.7 Å². The van der Waals surface area contributed by atoms with Gasteiger partial charge in [0.1, 0.15) is 5.82 Å². The van der Waals surface area contributed by atoms with Crippen LogP contribution in [0.1, 0.15) is 44.3 Å². The van der Waals surface area contributed by atoms with Gasteiger partial charge in [-0.05, 0) is 62.1 Å². The smallest absolute Gasteiger partial charge is 0.123 e. The van der Waals surface area contributed by atoms with E-state index in [-0.39, 0.29) is 5.82 Å². The molecule has 4 unspecified atom stereocenters. The molecule has 0 spiro atoms. The van der Waals surface area contributed by atoms with Crippen molar-refractivity contribution < 1.29 is 9.50 Å². The van der Waals surface area contributed by atoms with E-state index in [1.807, 2.05) is 0 Å². The quantitative estimate of drug-likeness (QED) is 0.906. The molecule has 20 heavy (non-hydrogen) atoms. The van der Waals surface area contributed by atoms with E-state index in [1.54, 1.807) is 13.0 Å². The van der Waals surface area contributed by atoms with Crippen molar-refractivity contribution in [2.24, 2.45) is 17.8 Å². The third-order valence-corrected chi connectivity index (χ3v) is 5.24. The molecular formula is C17H24FNO. The van der Waals surface area contributed by atoms with Gasteiger partial charge < -0.3 is 10.0 Å². The fraction of sp³-hybridized carbons (Fsp3) is 0.647. The Hall–Kier alpha value is -1.09. The molecule has 2 nitrogen and oxygen atoms in total. The predicted octanol–water partition coefficient (Wildman–Crippen LogP) is 3.75. The first-order valence-corrected chi connectivity index (χ1v) is 7.73. The molecule has 4 atom stereocenters. The minimum absolute atomic E-state index is 0.280. The fourth-order valence-electron chi connectivity index (χ4n) is 4.26. The molecule has 1 N–H and O–H groups in total. The maximum Gasteiger partial charge on any atom is 0.123 e. The Bertz CT molecular complexity index is 488. The molecule has 0 saturated heterocycles. The minimum atomic E-state index is -0.636. The van der Waals surface area contributed by atoms with Crippen molar-refractivity contribution in [3.05, 3.63) is 29.6 Å². The summed E-state index contributed by atoms with van der Waals surface area (Å²) in [5, 5.41) is 9.85. The van der Waals surface area contributed by atoms with Gasteiger partial charge in [0, 0.05) is 24.8 Å². The second kappa shape index (κ2) is 5.36. The Morgan fingerprint density at radius 1 is 1.35 bits per heavy atom. The zero-order chi connectivity index (χ0) is 14.3. The lowest BCUT2D eigenvalue weighted by Crippen LogP contribution is -2.29. The van der Waals surface area contributed by atoms with Crippen molar-refractivity contribution in [3.8, 4) is 0 Å². The zero-order valence-electron chi connectivity index (χ0n) is 12.3. The first-order chi connectivity index (χ1) is 9.54. The lowest BCUT2D eigenvalue weighted by molar-refractivity contribution is 0.199. The van der Waals surface area contributed by atoms with Gasteiger partial charge in [-0.15, -0.1) is 0 Å². The second-order valence-corrected chi connectivity index (χ2v) is 6.69. The van der Waals surface area contributed by atoms with Crippen molar-refractivity contribution in [2.75, 3.05) is 18.5 Å². The average Bonchev–Trinajstić information content (AvgIpc) is 3.00. The highest BCUT2D eigenvalue weighted by molar-refractivity contribution is 5.54. The van der Waals surface area contributed by atoms with Gasteiger partial charge in [-0.3, -0.25) is 0 Å². The predicted molar refractivity (Wildman–Crippen MR) is 79.2 cm³/mol. The number of halogens is 1. The maximum atomic E-state index is 13.4. The molecule has 2 fully saturated rings. The molecule has 2 aliphatic rings. The first kappa shape index (κ1) is 13.9. The summed E-state index contributed by atoms with van der Waals surface area (Å²) in [4.78, 5) is 2.20. The number of aliphatic hydroxyl groups excluding tert-OH is 1. The molecular weight excluding hydrogens is 253 g/mol. The molecule has 0 heterocycles. The third kappa shape index (κ3) is 2.56. The van der Waals surface area contributed by atoms with Gasteiger partial charge >= 0.3 is 0 Å². The van der Waals surface area contributed by atoms with E-state index in [2.05, 4.69) is 11.9 Å². The summed E-state index contributed by atoms with van der Waals surface area (Å²) >= 11 is 0. The number of rotatable bonds is 4. The SMILES string of the molecule is CC(O)c1cc(F)ccc1N(C)CC1CC2CCC1C2. The van der Waals surface area contributed by atoms with Crippen LogP contribution >= 0.6 is 0 Å². The lowest BCUT2D eigenvalue weighted by Gasteiger charge is -2.30. The molecule has 2 aliphatic carbocycles. The fourth-order valence-corrected chi connectivity index (χ4v) is 4.26. The number of nitrogens with zero attached hydrogens (tertiary/aromatic N) is 1. The van der Waals surface area contributed by atoms with Gasteiger partial charge in [-0.1, -0.05) is 6.42 Å². The van der Waals surface area contributed by atoms with Crippen molar-refractivity contribution in [1.29, 1.82) is 0 Å². The van der Waals surface area contributed by atoms with Crippen molar-refractivity contribution in [1.82, 2.24) is 0 Å². The van der Waals surface area contributed by atoms with Crippen molar-refractivity contribution >= 4 is 5.69 Å². The van der Waals surface area contributed by atoms with Crippen LogP contribution in [-0.2, 0) is 0 Å². The van der Waals surface area contributed by atoms with E-state index < -0.39 is 6.10 Å². The van der Waals surface area contributed by atoms with Crippen LogP contribution < -0.4 is 4.90 Å². The van der Waals surface area contributed by atoms with Crippen LogP contribution in [-0.4, -0.2) is 18.7 Å². The van der Waals surface area contributed by atoms with Crippen molar-refractivity contribution in [3.63, 3.8) is 0 Å². The van der Waals surface area contributed by atoms with Crippen LogP contribution in [0, 0.1) is 23.6 Å². The summed E-state index contributed by atoms with van der Waals surface area (Å²) in [6.07, 6.45) is 4.92. The van der Waals surface area contributed by atoms with Gasteiger partial charge in [0.05, 0.1) is 6.10 Å². The van der Waals surface area contributed by atoms with Gasteiger partial charge in [0.15, 0.2) is 0 Å². The van der Waals surface area contributed by atoms with Gasteiger partial charge in [-0.25, -0.2) is 4.39 Å². The lowest BCUT2D eigenvalue weighted by atomic mass is 9.88. The topological polar surface area (TPSA) is 23.5 Å². The molecule has 1 aromatic carbocycles. The second-order valence-electron chi connectivity index (χ2n) is 6.69. The van der Waals surface area contributed by atoms with E-state index in [1.165, 1.54) is 37.8 Å². The van der Waals surface area contributed by atoms with Crippen LogP contribution in [0.2, 0.25) is 0 Å². The molecule has 0 aromatic heterocycles. The average molecular weight is 277 g/mol. The van der Waals surface area contributed by atoms with Crippen LogP contribution in [0.25, 0.3) is 0 Å². The van der Waals surface area contributed by atoms with E-state index in [4.69, 9.17) is 0 Å². The molecule has 3 heteroatoms. The standard InChI is InChI=1S/C17H24FNO/c1-11(20)16-9-15(18)5-6-17(16)19(2)10-14-8-12-3-4-13(14)7-12/h5-6,9,11-14,20H,3-4,7-8,10H2,1-2H3. The molecule has 0 radical (unpaired) electrons. The minimum Gasteiger partial charge on any atom is -0.389 e. The maximum absolute atomic E-state index is 13.4. The molecule has 0 amide bonds. The number of anilines is 1. The van der Waals surface area contributed by atoms with Crippen LogP contribution in [0.5, 0.6) is 0 Å². The molecule has 1 aromatic rings. The van der Waals surface area contributed by atoms with E-state index in [9.17, 15) is 9.50 Å². The Morgan fingerprint density at radius 3 is 2.75 bits per heavy atom. The highest BCUT2D eigenvalue weighted by atomic mass is 19.1. The molecule has 110 valence electrons. The van der Waals surface area contributed by atoms with Gasteiger partial charge in [-0.2, -0.15) is 0 Å². The highest BCUT2D eigenvalue weighted by Gasteiger charge is 2.39. The highest BCUT2D eigenvalue weighted by Crippen LogP contribution is 2.48. The van der Waals surface area contributed by atoms with Crippen LogP contribution in [0.4, 0.5) is 10.1 Å². The summed E-state index contributed by atoms with van der Waals surface area (Å²) in [6.45, 7) is 2.72. The summed E-state index contributed by atoms with van der Waals surface area (Å²) < 4.78 is 13.4. The first-order valence-electron chi connectivity index (χ1n) is 7.73.